The highest BCUT2D eigenvalue weighted by molar-refractivity contribution is 6.55. The van der Waals surface area contributed by atoms with Crippen LogP contribution in [-0.2, 0) is 6.61 Å². The molecule has 0 spiro atoms. The maximum absolute atomic E-state index is 6.31. The molecule has 0 bridgehead atoms. The Morgan fingerprint density at radius 1 is 0.833 bits per heavy atom. The summed E-state index contributed by atoms with van der Waals surface area (Å²) in [5, 5.41) is 0.677. The molecule has 156 valence electrons. The van der Waals surface area contributed by atoms with E-state index in [1.165, 1.54) is 11.6 Å². The number of halogens is 4. The smallest absolute Gasteiger partial charge is 0.157 e. The molecular formula is C23H18Cl4O3. The zero-order valence-corrected chi connectivity index (χ0v) is 19.0. The molecule has 0 aromatic heterocycles. The molecular weight excluding hydrogens is 466 g/mol. The fourth-order valence-corrected chi connectivity index (χ4v) is 3.26. The van der Waals surface area contributed by atoms with Gasteiger partial charge in [-0.25, -0.2) is 0 Å². The molecule has 3 nitrogen and oxygen atoms in total. The normalized spacial score (nSPS) is 10.4. The summed E-state index contributed by atoms with van der Waals surface area (Å²) in [5.74, 6) is 2.34. The van der Waals surface area contributed by atoms with Crippen molar-refractivity contribution in [2.24, 2.45) is 0 Å². The molecule has 0 atom stereocenters. The van der Waals surface area contributed by atoms with E-state index in [1.807, 2.05) is 55.5 Å². The van der Waals surface area contributed by atoms with Crippen molar-refractivity contribution in [2.45, 2.75) is 13.5 Å². The van der Waals surface area contributed by atoms with Crippen LogP contribution in [0, 0.1) is 6.92 Å². The first-order chi connectivity index (χ1) is 14.4. The highest BCUT2D eigenvalue weighted by Gasteiger charge is 2.11. The summed E-state index contributed by atoms with van der Waals surface area (Å²) in [6.07, 6.45) is 1.51. The zero-order valence-electron chi connectivity index (χ0n) is 16.0. The molecule has 0 radical (unpaired) electrons. The number of benzene rings is 3. The van der Waals surface area contributed by atoms with Gasteiger partial charge in [-0.1, -0.05) is 76.2 Å². The largest absolute Gasteiger partial charge is 0.489 e. The van der Waals surface area contributed by atoms with E-state index < -0.39 is 0 Å². The van der Waals surface area contributed by atoms with Gasteiger partial charge in [0.25, 0.3) is 0 Å². The fraction of sp³-hybridized carbons (Fsp3) is 0.130. The summed E-state index contributed by atoms with van der Waals surface area (Å²) in [5.41, 5.74) is 2.09. The van der Waals surface area contributed by atoms with Crippen molar-refractivity contribution in [3.63, 3.8) is 0 Å². The molecule has 3 rings (SSSR count). The third-order valence-corrected chi connectivity index (χ3v) is 4.87. The quantitative estimate of drug-likeness (QED) is 0.322. The van der Waals surface area contributed by atoms with E-state index in [2.05, 4.69) is 0 Å². The second-order valence-electron chi connectivity index (χ2n) is 6.37. The molecule has 0 heterocycles. The van der Waals surface area contributed by atoms with Crippen LogP contribution >= 0.6 is 46.4 Å². The number of hydrogen-bond donors (Lipinski definition) is 0. The standard InChI is InChI=1S/C23H18Cl4O3/c1-15-5-7-17(8-6-15)30-18-4-2-3-16(11-18)14-29-23-20(24)12-19(13-21(23)25)28-10-9-22(26)27/h2-9,11-13H,10,14H2,1H3. The van der Waals surface area contributed by atoms with Gasteiger partial charge in [-0.2, -0.15) is 0 Å². The molecule has 0 aliphatic rings. The van der Waals surface area contributed by atoms with Crippen molar-refractivity contribution in [3.8, 4) is 23.0 Å². The van der Waals surface area contributed by atoms with Crippen molar-refractivity contribution < 1.29 is 14.2 Å². The number of ether oxygens (including phenoxy) is 3. The Balaban J connectivity index is 1.65. The Bertz CT molecular complexity index is 1010. The van der Waals surface area contributed by atoms with Gasteiger partial charge in [0.2, 0.25) is 0 Å². The van der Waals surface area contributed by atoms with Crippen LogP contribution in [0.25, 0.3) is 0 Å². The summed E-state index contributed by atoms with van der Waals surface area (Å²) < 4.78 is 17.4. The lowest BCUT2D eigenvalue weighted by Crippen LogP contribution is -1.99. The number of rotatable bonds is 8. The maximum Gasteiger partial charge on any atom is 0.157 e. The molecule has 7 heteroatoms. The van der Waals surface area contributed by atoms with Gasteiger partial charge in [-0.3, -0.25) is 0 Å². The maximum atomic E-state index is 6.31. The van der Waals surface area contributed by atoms with Crippen LogP contribution in [0.3, 0.4) is 0 Å². The molecule has 0 amide bonds. The van der Waals surface area contributed by atoms with E-state index in [0.29, 0.717) is 27.3 Å². The first-order valence-electron chi connectivity index (χ1n) is 9.00. The van der Waals surface area contributed by atoms with Crippen LogP contribution in [-0.4, -0.2) is 6.61 Å². The van der Waals surface area contributed by atoms with Crippen LogP contribution in [0.1, 0.15) is 11.1 Å². The van der Waals surface area contributed by atoms with E-state index in [0.717, 1.165) is 11.3 Å². The molecule has 0 saturated heterocycles. The molecule has 0 fully saturated rings. The predicted octanol–water partition coefficient (Wildman–Crippen LogP) is 8.37. The Kier molecular flexibility index (Phi) is 8.17. The first kappa shape index (κ1) is 22.6. The average molecular weight is 484 g/mol. The molecule has 3 aromatic rings. The molecule has 0 unspecified atom stereocenters. The van der Waals surface area contributed by atoms with Gasteiger partial charge in [0.1, 0.15) is 35.0 Å². The molecule has 30 heavy (non-hydrogen) atoms. The lowest BCUT2D eigenvalue weighted by molar-refractivity contribution is 0.304. The van der Waals surface area contributed by atoms with Crippen molar-refractivity contribution in [1.29, 1.82) is 0 Å². The van der Waals surface area contributed by atoms with E-state index in [-0.39, 0.29) is 17.7 Å². The van der Waals surface area contributed by atoms with Gasteiger partial charge >= 0.3 is 0 Å². The lowest BCUT2D eigenvalue weighted by Gasteiger charge is -2.13. The second-order valence-corrected chi connectivity index (χ2v) is 8.19. The van der Waals surface area contributed by atoms with Crippen molar-refractivity contribution >= 4 is 46.4 Å². The lowest BCUT2D eigenvalue weighted by atomic mass is 10.2. The van der Waals surface area contributed by atoms with Crippen molar-refractivity contribution in [3.05, 3.63) is 92.4 Å². The van der Waals surface area contributed by atoms with E-state index >= 15 is 0 Å². The van der Waals surface area contributed by atoms with Crippen LogP contribution in [0.4, 0.5) is 0 Å². The highest BCUT2D eigenvalue weighted by Crippen LogP contribution is 2.37. The highest BCUT2D eigenvalue weighted by atomic mass is 35.5. The van der Waals surface area contributed by atoms with Gasteiger partial charge in [-0.15, -0.1) is 0 Å². The summed E-state index contributed by atoms with van der Waals surface area (Å²) in [7, 11) is 0. The zero-order chi connectivity index (χ0) is 21.5. The number of hydrogen-bond acceptors (Lipinski definition) is 3. The Labute approximate surface area is 195 Å². The molecule has 3 aromatic carbocycles. The van der Waals surface area contributed by atoms with Crippen molar-refractivity contribution in [1.82, 2.24) is 0 Å². The summed E-state index contributed by atoms with van der Waals surface area (Å²) in [6, 6.07) is 18.7. The number of aryl methyl sites for hydroxylation is 1. The SMILES string of the molecule is Cc1ccc(Oc2cccc(COc3c(Cl)cc(OCC=C(Cl)Cl)cc3Cl)c2)cc1. The first-order valence-corrected chi connectivity index (χ1v) is 10.5. The second kappa shape index (κ2) is 10.8. The van der Waals surface area contributed by atoms with E-state index in [9.17, 15) is 0 Å². The topological polar surface area (TPSA) is 27.7 Å². The Hall–Kier alpha value is -2.04. The van der Waals surface area contributed by atoms with Gasteiger partial charge in [0.05, 0.1) is 10.0 Å². The molecule has 0 aliphatic carbocycles. The monoisotopic (exact) mass is 482 g/mol. The van der Waals surface area contributed by atoms with Crippen LogP contribution in [0.2, 0.25) is 10.0 Å². The minimum Gasteiger partial charge on any atom is -0.489 e. The summed E-state index contributed by atoms with van der Waals surface area (Å²) >= 11 is 23.7. The van der Waals surface area contributed by atoms with Crippen LogP contribution in [0.5, 0.6) is 23.0 Å². The summed E-state index contributed by atoms with van der Waals surface area (Å²) in [6.45, 7) is 2.50. The van der Waals surface area contributed by atoms with Gasteiger partial charge in [-0.05, 0) is 42.8 Å². The predicted molar refractivity (Wildman–Crippen MR) is 124 cm³/mol. The van der Waals surface area contributed by atoms with Gasteiger partial charge in [0.15, 0.2) is 5.75 Å². The van der Waals surface area contributed by atoms with E-state index in [1.54, 1.807) is 12.1 Å². The summed E-state index contributed by atoms with van der Waals surface area (Å²) in [4.78, 5) is 0. The van der Waals surface area contributed by atoms with Gasteiger partial charge in [0, 0.05) is 12.1 Å². The molecule has 0 N–H and O–H groups in total. The molecule has 0 aliphatic heterocycles. The average Bonchev–Trinajstić information content (AvgIpc) is 2.69. The fourth-order valence-electron chi connectivity index (χ4n) is 2.56. The van der Waals surface area contributed by atoms with Crippen LogP contribution in [0.15, 0.2) is 71.2 Å². The molecule has 0 saturated carbocycles. The minimum absolute atomic E-state index is 0.126. The minimum atomic E-state index is 0.126. The third kappa shape index (κ3) is 6.75. The van der Waals surface area contributed by atoms with Gasteiger partial charge < -0.3 is 14.2 Å². The Morgan fingerprint density at radius 3 is 2.20 bits per heavy atom. The van der Waals surface area contributed by atoms with Crippen molar-refractivity contribution in [2.75, 3.05) is 6.61 Å². The third-order valence-electron chi connectivity index (χ3n) is 4.00. The van der Waals surface area contributed by atoms with E-state index in [4.69, 9.17) is 60.6 Å². The Morgan fingerprint density at radius 2 is 1.53 bits per heavy atom. The van der Waals surface area contributed by atoms with Crippen LogP contribution < -0.4 is 14.2 Å².